The average Bonchev–Trinajstić information content (AvgIpc) is 2.93. The number of aromatic nitrogens is 2. The molecule has 2 aromatic rings. The van der Waals surface area contributed by atoms with E-state index in [2.05, 4.69) is 20.8 Å². The monoisotopic (exact) mass is 304 g/mol. The Bertz CT molecular complexity index is 641. The van der Waals surface area contributed by atoms with E-state index in [9.17, 15) is 4.79 Å². The number of rotatable bonds is 5. The molecule has 0 spiro atoms. The highest BCUT2D eigenvalue weighted by molar-refractivity contribution is 5.93. The van der Waals surface area contributed by atoms with Gasteiger partial charge in [-0.3, -0.25) is 0 Å². The van der Waals surface area contributed by atoms with Crippen molar-refractivity contribution < 1.29 is 14.4 Å². The van der Waals surface area contributed by atoms with Crippen LogP contribution in [0.2, 0.25) is 0 Å². The summed E-state index contributed by atoms with van der Waals surface area (Å²) in [5.74, 6) is 0.852. The van der Waals surface area contributed by atoms with Crippen LogP contribution in [0.3, 0.4) is 0 Å². The third-order valence-corrected chi connectivity index (χ3v) is 3.44. The summed E-state index contributed by atoms with van der Waals surface area (Å²) >= 11 is 0. The lowest BCUT2D eigenvalue weighted by atomic mass is 10.1. The van der Waals surface area contributed by atoms with Gasteiger partial charge >= 0.3 is 6.03 Å². The highest BCUT2D eigenvalue weighted by atomic mass is 16.5. The summed E-state index contributed by atoms with van der Waals surface area (Å²) in [6.07, 6.45) is 0. The van der Waals surface area contributed by atoms with Crippen LogP contribution in [0.25, 0.3) is 11.4 Å². The van der Waals surface area contributed by atoms with E-state index >= 15 is 0 Å². The summed E-state index contributed by atoms with van der Waals surface area (Å²) in [6.45, 7) is 5.42. The molecular weight excluding hydrogens is 284 g/mol. The second kappa shape index (κ2) is 7.04. The third-order valence-electron chi connectivity index (χ3n) is 3.44. The second-order valence-electron chi connectivity index (χ2n) is 5.23. The van der Waals surface area contributed by atoms with E-state index in [0.717, 1.165) is 0 Å². The zero-order chi connectivity index (χ0) is 16.1. The Kier molecular flexibility index (Phi) is 5.11. The second-order valence-corrected chi connectivity index (χ2v) is 5.23. The summed E-state index contributed by atoms with van der Waals surface area (Å²) < 4.78 is 4.97. The molecule has 1 aromatic carbocycles. The molecule has 7 heteroatoms. The Labute approximate surface area is 128 Å². The topological polar surface area (TPSA) is 100 Å². The minimum absolute atomic E-state index is 0.0141. The normalized spacial score (nSPS) is 13.5. The van der Waals surface area contributed by atoms with E-state index < -0.39 is 0 Å². The summed E-state index contributed by atoms with van der Waals surface area (Å²) in [6, 6.07) is 6.72. The molecule has 2 amide bonds. The summed E-state index contributed by atoms with van der Waals surface area (Å²) in [5, 5.41) is 18.5. The van der Waals surface area contributed by atoms with Crippen molar-refractivity contribution in [1.29, 1.82) is 0 Å². The number of anilines is 1. The quantitative estimate of drug-likeness (QED) is 0.786. The maximum absolute atomic E-state index is 12.1. The lowest BCUT2D eigenvalue weighted by Gasteiger charge is -2.20. The number of carbonyl (C=O) groups is 1. The molecule has 22 heavy (non-hydrogen) atoms. The first-order valence-electron chi connectivity index (χ1n) is 7.09. The third kappa shape index (κ3) is 3.82. The number of nitrogens with one attached hydrogen (secondary N) is 2. The molecule has 118 valence electrons. The molecule has 0 bridgehead atoms. The lowest BCUT2D eigenvalue weighted by molar-refractivity contribution is 0.204. The molecule has 0 unspecified atom stereocenters. The van der Waals surface area contributed by atoms with Crippen LogP contribution in [-0.2, 0) is 0 Å². The Hall–Kier alpha value is -2.41. The first-order chi connectivity index (χ1) is 10.5. The number of benzene rings is 1. The Morgan fingerprint density at radius 1 is 1.36 bits per heavy atom. The molecule has 0 aliphatic heterocycles. The number of carbonyl (C=O) groups excluding carboxylic acids is 1. The van der Waals surface area contributed by atoms with Gasteiger partial charge in [0.25, 0.3) is 0 Å². The summed E-state index contributed by atoms with van der Waals surface area (Å²) in [7, 11) is 0. The number of aryl methyl sites for hydroxylation is 1. The van der Waals surface area contributed by atoms with Gasteiger partial charge in [0.2, 0.25) is 11.7 Å². The number of aliphatic hydroxyl groups is 1. The fourth-order valence-electron chi connectivity index (χ4n) is 1.86. The molecule has 0 saturated carbocycles. The molecule has 0 fully saturated rings. The van der Waals surface area contributed by atoms with E-state index in [1.165, 1.54) is 0 Å². The van der Waals surface area contributed by atoms with Crippen molar-refractivity contribution in [1.82, 2.24) is 15.5 Å². The smallest absolute Gasteiger partial charge is 0.319 e. The van der Waals surface area contributed by atoms with Gasteiger partial charge in [-0.25, -0.2) is 4.79 Å². The van der Waals surface area contributed by atoms with Gasteiger partial charge in [-0.1, -0.05) is 24.2 Å². The van der Waals surface area contributed by atoms with Crippen molar-refractivity contribution in [3.05, 3.63) is 30.2 Å². The predicted molar refractivity (Wildman–Crippen MR) is 82.3 cm³/mol. The molecule has 0 saturated heterocycles. The molecule has 2 rings (SSSR count). The van der Waals surface area contributed by atoms with Gasteiger partial charge in [0.05, 0.1) is 5.69 Å². The van der Waals surface area contributed by atoms with Crippen LogP contribution in [0.1, 0.15) is 19.7 Å². The van der Waals surface area contributed by atoms with Crippen LogP contribution in [0, 0.1) is 12.8 Å². The van der Waals surface area contributed by atoms with Crippen LogP contribution < -0.4 is 10.6 Å². The van der Waals surface area contributed by atoms with Gasteiger partial charge in [-0.2, -0.15) is 4.98 Å². The van der Waals surface area contributed by atoms with Gasteiger partial charge in [0.1, 0.15) is 0 Å². The maximum Gasteiger partial charge on any atom is 0.319 e. The first kappa shape index (κ1) is 16.0. The molecule has 3 N–H and O–H groups in total. The zero-order valence-electron chi connectivity index (χ0n) is 12.8. The highest BCUT2D eigenvalue weighted by Crippen LogP contribution is 2.25. The van der Waals surface area contributed by atoms with Crippen LogP contribution in [-0.4, -0.2) is 33.9 Å². The predicted octanol–water partition coefficient (Wildman–Crippen LogP) is 2.18. The van der Waals surface area contributed by atoms with Gasteiger partial charge in [-0.05, 0) is 25.0 Å². The van der Waals surface area contributed by atoms with E-state index in [1.54, 1.807) is 19.1 Å². The van der Waals surface area contributed by atoms with Crippen molar-refractivity contribution in [2.45, 2.75) is 26.8 Å². The average molecular weight is 304 g/mol. The number of nitrogens with zero attached hydrogens (tertiary/aromatic N) is 2. The minimum Gasteiger partial charge on any atom is -0.396 e. The van der Waals surface area contributed by atoms with Crippen molar-refractivity contribution in [3.63, 3.8) is 0 Å². The first-order valence-corrected chi connectivity index (χ1v) is 7.09. The molecule has 2 atom stereocenters. The van der Waals surface area contributed by atoms with Crippen LogP contribution in [0.4, 0.5) is 10.5 Å². The molecule has 1 aromatic heterocycles. The van der Waals surface area contributed by atoms with Crippen LogP contribution in [0.15, 0.2) is 28.8 Å². The van der Waals surface area contributed by atoms with Gasteiger partial charge in [0, 0.05) is 25.1 Å². The molecule has 7 nitrogen and oxygen atoms in total. The summed E-state index contributed by atoms with van der Waals surface area (Å²) in [4.78, 5) is 16.2. The molecule has 0 aliphatic carbocycles. The Morgan fingerprint density at radius 2 is 2.09 bits per heavy atom. The minimum atomic E-state index is -0.347. The van der Waals surface area contributed by atoms with Crippen molar-refractivity contribution >= 4 is 11.7 Å². The van der Waals surface area contributed by atoms with E-state index in [0.29, 0.717) is 23.0 Å². The van der Waals surface area contributed by atoms with Crippen molar-refractivity contribution in [2.24, 2.45) is 5.92 Å². The highest BCUT2D eigenvalue weighted by Gasteiger charge is 2.16. The number of aliphatic hydroxyl groups excluding tert-OH is 1. The fourth-order valence-corrected chi connectivity index (χ4v) is 1.86. The number of para-hydroxylation sites is 1. The van der Waals surface area contributed by atoms with E-state index in [4.69, 9.17) is 9.63 Å². The molecule has 0 aliphatic rings. The standard InChI is InChI=1S/C15H20N4O3/c1-9(8-20)10(2)16-15(21)18-13-7-5-4-6-12(13)14-17-11(3)22-19-14/h4-7,9-10,20H,8H2,1-3H3,(H2,16,18,21)/t9-,10+/m1/s1. The maximum atomic E-state index is 12.1. The molecular formula is C15H20N4O3. The number of urea groups is 1. The van der Waals surface area contributed by atoms with Gasteiger partial charge in [-0.15, -0.1) is 0 Å². The van der Waals surface area contributed by atoms with Crippen LogP contribution in [0.5, 0.6) is 0 Å². The van der Waals surface area contributed by atoms with E-state index in [1.807, 2.05) is 26.0 Å². The number of hydrogen-bond acceptors (Lipinski definition) is 5. The Balaban J connectivity index is 2.12. The zero-order valence-corrected chi connectivity index (χ0v) is 12.8. The van der Waals surface area contributed by atoms with E-state index in [-0.39, 0.29) is 24.6 Å². The van der Waals surface area contributed by atoms with Gasteiger partial charge in [0.15, 0.2) is 0 Å². The number of amides is 2. The lowest BCUT2D eigenvalue weighted by Crippen LogP contribution is -2.40. The Morgan fingerprint density at radius 3 is 2.73 bits per heavy atom. The van der Waals surface area contributed by atoms with Gasteiger partial charge < -0.3 is 20.3 Å². The molecule has 0 radical (unpaired) electrons. The SMILES string of the molecule is Cc1nc(-c2ccccc2NC(=O)N[C@@H](C)[C@H](C)CO)no1. The number of hydrogen-bond donors (Lipinski definition) is 3. The summed E-state index contributed by atoms with van der Waals surface area (Å²) in [5.41, 5.74) is 1.27. The van der Waals surface area contributed by atoms with Crippen molar-refractivity contribution in [3.8, 4) is 11.4 Å². The van der Waals surface area contributed by atoms with Crippen molar-refractivity contribution in [2.75, 3.05) is 11.9 Å². The van der Waals surface area contributed by atoms with Crippen LogP contribution >= 0.6 is 0 Å². The molecule has 1 heterocycles. The fraction of sp³-hybridized carbons (Fsp3) is 0.400. The largest absolute Gasteiger partial charge is 0.396 e.